The fraction of sp³-hybridized carbons (Fsp3) is 0.667. The van der Waals surface area contributed by atoms with E-state index < -0.39 is 0 Å². The lowest BCUT2D eigenvalue weighted by molar-refractivity contribution is 0.127. The highest BCUT2D eigenvalue weighted by atomic mass is 16.5. The molecule has 0 radical (unpaired) electrons. The third kappa shape index (κ3) is 5.33. The lowest BCUT2D eigenvalue weighted by atomic mass is 9.76. The number of rotatable bonds is 10. The minimum Gasteiger partial charge on any atom is -0.497 e. The molecule has 1 saturated carbocycles. The van der Waals surface area contributed by atoms with Crippen LogP contribution in [0.2, 0.25) is 0 Å². The number of hydrogen-bond donors (Lipinski definition) is 1. The van der Waals surface area contributed by atoms with E-state index in [9.17, 15) is 0 Å². The molecule has 1 aliphatic carbocycles. The Morgan fingerprint density at radius 1 is 1.10 bits per heavy atom. The lowest BCUT2D eigenvalue weighted by Gasteiger charge is -2.36. The Bertz CT molecular complexity index is 385. The highest BCUT2D eigenvalue weighted by Gasteiger charge is 2.29. The van der Waals surface area contributed by atoms with Gasteiger partial charge in [-0.15, -0.1) is 0 Å². The standard InChI is InChI=1S/C18H29NO2/c1-3-4-11-21-12-5-10-19-17-13-16(14-17)15-6-8-18(20-2)9-7-15/h6-9,16-17,19H,3-5,10-14H2,1-2H3. The third-order valence-corrected chi connectivity index (χ3v) is 4.27. The van der Waals surface area contributed by atoms with Gasteiger partial charge in [-0.05, 0) is 55.8 Å². The predicted molar refractivity (Wildman–Crippen MR) is 87.1 cm³/mol. The molecule has 1 aliphatic rings. The molecule has 0 aromatic heterocycles. The van der Waals surface area contributed by atoms with E-state index in [4.69, 9.17) is 9.47 Å². The molecule has 1 aromatic rings. The zero-order valence-electron chi connectivity index (χ0n) is 13.4. The zero-order chi connectivity index (χ0) is 14.9. The molecular weight excluding hydrogens is 262 g/mol. The zero-order valence-corrected chi connectivity index (χ0v) is 13.4. The van der Waals surface area contributed by atoms with Gasteiger partial charge in [0.05, 0.1) is 7.11 Å². The summed E-state index contributed by atoms with van der Waals surface area (Å²) in [5, 5.41) is 3.63. The van der Waals surface area contributed by atoms with Crippen LogP contribution in [0.3, 0.4) is 0 Å². The number of ether oxygens (including phenoxy) is 2. The van der Waals surface area contributed by atoms with Gasteiger partial charge in [-0.2, -0.15) is 0 Å². The minimum absolute atomic E-state index is 0.688. The van der Waals surface area contributed by atoms with Gasteiger partial charge in [0.25, 0.3) is 0 Å². The van der Waals surface area contributed by atoms with Gasteiger partial charge >= 0.3 is 0 Å². The summed E-state index contributed by atoms with van der Waals surface area (Å²) in [5.41, 5.74) is 1.44. The van der Waals surface area contributed by atoms with Crippen molar-refractivity contribution in [2.24, 2.45) is 0 Å². The molecule has 0 heterocycles. The summed E-state index contributed by atoms with van der Waals surface area (Å²) >= 11 is 0. The van der Waals surface area contributed by atoms with Crippen molar-refractivity contribution in [1.29, 1.82) is 0 Å². The first-order chi connectivity index (χ1) is 10.3. The molecule has 0 amide bonds. The van der Waals surface area contributed by atoms with E-state index >= 15 is 0 Å². The number of benzene rings is 1. The summed E-state index contributed by atoms with van der Waals surface area (Å²) in [6.07, 6.45) is 6.02. The second kappa shape index (κ2) is 9.06. The van der Waals surface area contributed by atoms with Crippen LogP contribution in [0.5, 0.6) is 5.75 Å². The van der Waals surface area contributed by atoms with Crippen molar-refractivity contribution < 1.29 is 9.47 Å². The van der Waals surface area contributed by atoms with E-state index in [-0.39, 0.29) is 0 Å². The van der Waals surface area contributed by atoms with Crippen molar-refractivity contribution in [1.82, 2.24) is 5.32 Å². The second-order valence-corrected chi connectivity index (χ2v) is 5.91. The summed E-state index contributed by atoms with van der Waals surface area (Å²) < 4.78 is 10.8. The van der Waals surface area contributed by atoms with Crippen LogP contribution in [-0.4, -0.2) is 32.9 Å². The van der Waals surface area contributed by atoms with Gasteiger partial charge in [0, 0.05) is 19.3 Å². The van der Waals surface area contributed by atoms with Gasteiger partial charge in [0.1, 0.15) is 5.75 Å². The summed E-state index contributed by atoms with van der Waals surface area (Å²) in [7, 11) is 1.71. The largest absolute Gasteiger partial charge is 0.497 e. The molecule has 0 atom stereocenters. The Morgan fingerprint density at radius 3 is 2.48 bits per heavy atom. The van der Waals surface area contributed by atoms with Gasteiger partial charge in [-0.25, -0.2) is 0 Å². The molecule has 118 valence electrons. The van der Waals surface area contributed by atoms with Crippen molar-refractivity contribution in [3.8, 4) is 5.75 Å². The van der Waals surface area contributed by atoms with Gasteiger partial charge in [0.2, 0.25) is 0 Å². The number of unbranched alkanes of at least 4 members (excludes halogenated alkanes) is 1. The van der Waals surface area contributed by atoms with Crippen LogP contribution >= 0.6 is 0 Å². The summed E-state index contributed by atoms with van der Waals surface area (Å²) in [5.74, 6) is 1.66. The molecule has 0 bridgehead atoms. The Labute approximate surface area is 129 Å². The highest BCUT2D eigenvalue weighted by Crippen LogP contribution is 2.37. The van der Waals surface area contributed by atoms with E-state index in [1.165, 1.54) is 31.2 Å². The summed E-state index contributed by atoms with van der Waals surface area (Å²) in [6.45, 7) is 5.08. The van der Waals surface area contributed by atoms with E-state index in [1.54, 1.807) is 7.11 Å². The van der Waals surface area contributed by atoms with Gasteiger partial charge in [0.15, 0.2) is 0 Å². The first-order valence-electron chi connectivity index (χ1n) is 8.28. The van der Waals surface area contributed by atoms with E-state index in [0.717, 1.165) is 31.9 Å². The first-order valence-corrected chi connectivity index (χ1v) is 8.28. The molecule has 0 saturated heterocycles. The Hall–Kier alpha value is -1.06. The SMILES string of the molecule is CCCCOCCCNC1CC(c2ccc(OC)cc2)C1. The van der Waals surface area contributed by atoms with Crippen LogP contribution in [-0.2, 0) is 4.74 Å². The number of hydrogen-bond acceptors (Lipinski definition) is 3. The molecule has 0 aliphatic heterocycles. The average Bonchev–Trinajstić information content (AvgIpc) is 2.48. The molecule has 1 fully saturated rings. The molecule has 1 N–H and O–H groups in total. The Kier molecular flexibility index (Phi) is 7.04. The van der Waals surface area contributed by atoms with Crippen LogP contribution in [0.4, 0.5) is 0 Å². The molecule has 2 rings (SSSR count). The molecule has 0 spiro atoms. The average molecular weight is 291 g/mol. The quantitative estimate of drug-likeness (QED) is 0.666. The molecule has 0 unspecified atom stereocenters. The van der Waals surface area contributed by atoms with Gasteiger partial charge in [-0.3, -0.25) is 0 Å². The van der Waals surface area contributed by atoms with Crippen LogP contribution in [0.25, 0.3) is 0 Å². The smallest absolute Gasteiger partial charge is 0.118 e. The lowest BCUT2D eigenvalue weighted by Crippen LogP contribution is -2.40. The second-order valence-electron chi connectivity index (χ2n) is 5.91. The van der Waals surface area contributed by atoms with Crippen molar-refractivity contribution in [2.45, 2.75) is 51.0 Å². The summed E-state index contributed by atoms with van der Waals surface area (Å²) in [4.78, 5) is 0. The van der Waals surface area contributed by atoms with Crippen LogP contribution < -0.4 is 10.1 Å². The first kappa shape index (κ1) is 16.3. The van der Waals surface area contributed by atoms with E-state index in [2.05, 4.69) is 36.5 Å². The molecule has 3 heteroatoms. The third-order valence-electron chi connectivity index (χ3n) is 4.27. The topological polar surface area (TPSA) is 30.5 Å². The van der Waals surface area contributed by atoms with Crippen LogP contribution in [0.15, 0.2) is 24.3 Å². The fourth-order valence-electron chi connectivity index (χ4n) is 2.76. The molecule has 3 nitrogen and oxygen atoms in total. The molecular formula is C18H29NO2. The van der Waals surface area contributed by atoms with Crippen molar-refractivity contribution >= 4 is 0 Å². The Balaban J connectivity index is 1.52. The van der Waals surface area contributed by atoms with E-state index in [0.29, 0.717) is 12.0 Å². The van der Waals surface area contributed by atoms with Crippen LogP contribution in [0, 0.1) is 0 Å². The summed E-state index contributed by atoms with van der Waals surface area (Å²) in [6, 6.07) is 9.20. The number of nitrogens with one attached hydrogen (secondary N) is 1. The predicted octanol–water partition coefficient (Wildman–Crippen LogP) is 3.74. The maximum Gasteiger partial charge on any atom is 0.118 e. The fourth-order valence-corrected chi connectivity index (χ4v) is 2.76. The van der Waals surface area contributed by atoms with Gasteiger partial charge < -0.3 is 14.8 Å². The van der Waals surface area contributed by atoms with E-state index in [1.807, 2.05) is 0 Å². The highest BCUT2D eigenvalue weighted by molar-refractivity contribution is 5.30. The monoisotopic (exact) mass is 291 g/mol. The van der Waals surface area contributed by atoms with Crippen molar-refractivity contribution in [3.63, 3.8) is 0 Å². The number of methoxy groups -OCH3 is 1. The minimum atomic E-state index is 0.688. The normalized spacial score (nSPS) is 21.0. The van der Waals surface area contributed by atoms with Crippen molar-refractivity contribution in [3.05, 3.63) is 29.8 Å². The van der Waals surface area contributed by atoms with Crippen LogP contribution in [0.1, 0.15) is 50.5 Å². The van der Waals surface area contributed by atoms with Crippen molar-refractivity contribution in [2.75, 3.05) is 26.9 Å². The molecule has 21 heavy (non-hydrogen) atoms. The maximum atomic E-state index is 5.57. The maximum absolute atomic E-state index is 5.57. The molecule has 1 aromatic carbocycles. The Morgan fingerprint density at radius 2 is 1.81 bits per heavy atom. The van der Waals surface area contributed by atoms with Gasteiger partial charge in [-0.1, -0.05) is 25.5 Å².